The molecule has 0 bridgehead atoms. The quantitative estimate of drug-likeness (QED) is 0.675. The van der Waals surface area contributed by atoms with Gasteiger partial charge >= 0.3 is 6.03 Å². The number of urea groups is 1. The van der Waals surface area contributed by atoms with Gasteiger partial charge in [0.1, 0.15) is 11.6 Å². The van der Waals surface area contributed by atoms with E-state index >= 15 is 0 Å². The second kappa shape index (κ2) is 7.18. The molecule has 3 aromatic rings. The van der Waals surface area contributed by atoms with Gasteiger partial charge in [0, 0.05) is 29.4 Å². The first-order valence-corrected chi connectivity index (χ1v) is 8.68. The van der Waals surface area contributed by atoms with Gasteiger partial charge in [-0.15, -0.1) is 0 Å². The van der Waals surface area contributed by atoms with Crippen LogP contribution in [0.3, 0.4) is 0 Å². The second-order valence-electron chi connectivity index (χ2n) is 5.41. The molecule has 0 aliphatic rings. The zero-order valence-electron chi connectivity index (χ0n) is 13.8. The summed E-state index contributed by atoms with van der Waals surface area (Å²) in [7, 11) is 0. The fourth-order valence-corrected chi connectivity index (χ4v) is 2.83. The van der Waals surface area contributed by atoms with Crippen LogP contribution in [-0.2, 0) is 0 Å². The van der Waals surface area contributed by atoms with Gasteiger partial charge < -0.3 is 15.2 Å². The Hall–Kier alpha value is -2.48. The van der Waals surface area contributed by atoms with E-state index in [1.54, 1.807) is 17.2 Å². The van der Waals surface area contributed by atoms with Crippen molar-refractivity contribution in [1.29, 1.82) is 0 Å². The summed E-state index contributed by atoms with van der Waals surface area (Å²) in [5.74, 6) is -0.0731. The third kappa shape index (κ3) is 3.63. The maximum Gasteiger partial charge on any atom is 0.321 e. The lowest BCUT2D eigenvalue weighted by Gasteiger charge is -2.19. The van der Waals surface area contributed by atoms with Crippen molar-refractivity contribution in [1.82, 2.24) is 19.9 Å². The van der Waals surface area contributed by atoms with E-state index in [2.05, 4.69) is 36.2 Å². The van der Waals surface area contributed by atoms with Crippen molar-refractivity contribution in [3.05, 3.63) is 40.8 Å². The molecule has 0 aliphatic carbocycles. The number of imidazole rings is 1. The summed E-state index contributed by atoms with van der Waals surface area (Å²) in [5, 5.41) is 2.78. The molecule has 0 atom stereocenters. The molecule has 6 nitrogen and oxygen atoms in total. The topological polar surface area (TPSA) is 73.9 Å². The van der Waals surface area contributed by atoms with Crippen LogP contribution in [-0.4, -0.2) is 39.0 Å². The number of rotatable bonds is 4. The Labute approximate surface area is 152 Å². The summed E-state index contributed by atoms with van der Waals surface area (Å²) < 4.78 is 15.1. The average Bonchev–Trinajstić information content (AvgIpc) is 3.00. The second-order valence-corrected chi connectivity index (χ2v) is 6.32. The summed E-state index contributed by atoms with van der Waals surface area (Å²) >= 11 is 3.34. The van der Waals surface area contributed by atoms with Gasteiger partial charge in [-0.1, -0.05) is 0 Å². The minimum absolute atomic E-state index is 0.224. The molecule has 2 aromatic heterocycles. The van der Waals surface area contributed by atoms with E-state index in [-0.39, 0.29) is 11.6 Å². The molecule has 25 heavy (non-hydrogen) atoms. The van der Waals surface area contributed by atoms with E-state index in [0.717, 1.165) is 4.47 Å². The molecular formula is C17H17BrFN5O. The van der Waals surface area contributed by atoms with E-state index in [1.807, 2.05) is 19.9 Å². The molecule has 0 radical (unpaired) electrons. The van der Waals surface area contributed by atoms with E-state index in [0.29, 0.717) is 35.8 Å². The van der Waals surface area contributed by atoms with Crippen molar-refractivity contribution in [2.45, 2.75) is 13.8 Å². The molecule has 0 unspecified atom stereocenters. The van der Waals surface area contributed by atoms with Crippen LogP contribution in [0, 0.1) is 5.82 Å². The van der Waals surface area contributed by atoms with Gasteiger partial charge in [0.15, 0.2) is 5.65 Å². The Bertz CT molecular complexity index is 923. The zero-order valence-corrected chi connectivity index (χ0v) is 15.4. The zero-order chi connectivity index (χ0) is 18.0. The number of benzene rings is 1. The number of amides is 2. The molecule has 3 rings (SSSR count). The lowest BCUT2D eigenvalue weighted by molar-refractivity contribution is 0.217. The van der Waals surface area contributed by atoms with Crippen LogP contribution in [0.4, 0.5) is 14.9 Å². The van der Waals surface area contributed by atoms with E-state index in [1.165, 1.54) is 12.1 Å². The van der Waals surface area contributed by atoms with Crippen LogP contribution in [0.2, 0.25) is 0 Å². The summed E-state index contributed by atoms with van der Waals surface area (Å²) in [6, 6.07) is 5.99. The molecule has 2 heterocycles. The highest BCUT2D eigenvalue weighted by Crippen LogP contribution is 2.26. The van der Waals surface area contributed by atoms with Gasteiger partial charge in [0.2, 0.25) is 0 Å². The predicted molar refractivity (Wildman–Crippen MR) is 98.9 cm³/mol. The van der Waals surface area contributed by atoms with Gasteiger partial charge in [-0.2, -0.15) is 0 Å². The smallest absolute Gasteiger partial charge is 0.321 e. The maximum atomic E-state index is 14.3. The number of aromatic amines is 1. The molecule has 0 saturated heterocycles. The first kappa shape index (κ1) is 17.3. The highest BCUT2D eigenvalue weighted by atomic mass is 79.9. The van der Waals surface area contributed by atoms with E-state index in [9.17, 15) is 9.18 Å². The molecular weight excluding hydrogens is 389 g/mol. The van der Waals surface area contributed by atoms with Crippen molar-refractivity contribution >= 4 is 38.8 Å². The number of pyridine rings is 1. The van der Waals surface area contributed by atoms with Gasteiger partial charge in [-0.05, 0) is 54.0 Å². The number of hydrogen-bond acceptors (Lipinski definition) is 3. The third-order valence-corrected chi connectivity index (χ3v) is 4.26. The number of aromatic nitrogens is 3. The molecule has 2 N–H and O–H groups in total. The first-order chi connectivity index (χ1) is 12.0. The molecule has 0 spiro atoms. The highest BCUT2D eigenvalue weighted by Gasteiger charge is 2.14. The monoisotopic (exact) mass is 405 g/mol. The van der Waals surface area contributed by atoms with Crippen LogP contribution in [0.1, 0.15) is 13.8 Å². The highest BCUT2D eigenvalue weighted by molar-refractivity contribution is 9.10. The number of carbonyl (C=O) groups excluding carboxylic acids is 1. The molecule has 1 aromatic carbocycles. The number of nitrogens with one attached hydrogen (secondary N) is 2. The molecule has 0 saturated carbocycles. The van der Waals surface area contributed by atoms with E-state index < -0.39 is 5.82 Å². The maximum absolute atomic E-state index is 14.3. The van der Waals surface area contributed by atoms with Crippen molar-refractivity contribution in [2.75, 3.05) is 18.4 Å². The normalized spacial score (nSPS) is 10.9. The van der Waals surface area contributed by atoms with Crippen LogP contribution in [0.25, 0.3) is 22.6 Å². The van der Waals surface area contributed by atoms with Crippen LogP contribution in [0.15, 0.2) is 34.9 Å². The molecule has 0 fully saturated rings. The minimum atomic E-state index is -0.432. The van der Waals surface area contributed by atoms with Crippen molar-refractivity contribution < 1.29 is 9.18 Å². The number of H-pyrrole nitrogens is 1. The number of hydrogen-bond donors (Lipinski definition) is 2. The van der Waals surface area contributed by atoms with Crippen LogP contribution >= 0.6 is 15.9 Å². The predicted octanol–water partition coefficient (Wildman–Crippen LogP) is 4.40. The fraction of sp³-hybridized carbons (Fsp3) is 0.235. The van der Waals surface area contributed by atoms with Gasteiger partial charge in [0.25, 0.3) is 0 Å². The van der Waals surface area contributed by atoms with E-state index in [4.69, 9.17) is 0 Å². The van der Waals surface area contributed by atoms with Crippen molar-refractivity contribution in [3.8, 4) is 11.4 Å². The molecule has 0 aliphatic heterocycles. The Kier molecular flexibility index (Phi) is 4.98. The largest absolute Gasteiger partial charge is 0.336 e. The number of carbonyl (C=O) groups is 1. The number of fused-ring (bicyclic) bond motifs is 1. The SMILES string of the molecule is CCN(CC)C(=O)Nc1ccc(F)c(-c2nc3ncc(Br)cc3[nH]2)c1. The van der Waals surface area contributed by atoms with Crippen molar-refractivity contribution in [3.63, 3.8) is 0 Å². The van der Waals surface area contributed by atoms with Gasteiger partial charge in [-0.25, -0.2) is 19.2 Å². The standard InChI is InChI=1S/C17H17BrFN5O/c1-3-24(4-2)17(25)21-11-5-6-13(19)12(8-11)15-22-14-7-10(18)9-20-16(14)23-15/h5-9H,3-4H2,1-2H3,(H,21,25)(H,20,22,23). The summed E-state index contributed by atoms with van der Waals surface area (Å²) in [6.07, 6.45) is 1.63. The summed E-state index contributed by atoms with van der Waals surface area (Å²) in [4.78, 5) is 25.4. The Morgan fingerprint density at radius 1 is 1.32 bits per heavy atom. The molecule has 2 amide bonds. The number of anilines is 1. The number of nitrogens with zero attached hydrogens (tertiary/aromatic N) is 3. The lowest BCUT2D eigenvalue weighted by atomic mass is 10.1. The summed E-state index contributed by atoms with van der Waals surface area (Å²) in [5.41, 5.74) is 1.96. The minimum Gasteiger partial charge on any atom is -0.336 e. The van der Waals surface area contributed by atoms with Gasteiger partial charge in [0.05, 0.1) is 11.1 Å². The van der Waals surface area contributed by atoms with Crippen molar-refractivity contribution in [2.24, 2.45) is 0 Å². The Morgan fingerprint density at radius 2 is 2.08 bits per heavy atom. The lowest BCUT2D eigenvalue weighted by Crippen LogP contribution is -2.34. The van der Waals surface area contributed by atoms with Gasteiger partial charge in [-0.3, -0.25) is 0 Å². The fourth-order valence-electron chi connectivity index (χ4n) is 2.50. The Morgan fingerprint density at radius 3 is 2.80 bits per heavy atom. The molecule has 8 heteroatoms. The number of halogens is 2. The summed E-state index contributed by atoms with van der Waals surface area (Å²) in [6.45, 7) is 5.00. The van der Waals surface area contributed by atoms with Crippen LogP contribution < -0.4 is 5.32 Å². The van der Waals surface area contributed by atoms with Crippen LogP contribution in [0.5, 0.6) is 0 Å². The molecule has 130 valence electrons. The first-order valence-electron chi connectivity index (χ1n) is 7.89. The average molecular weight is 406 g/mol. The Balaban J connectivity index is 1.94. The third-order valence-electron chi connectivity index (χ3n) is 3.83.